The summed E-state index contributed by atoms with van der Waals surface area (Å²) >= 11 is 0. The van der Waals surface area contributed by atoms with Gasteiger partial charge in [-0.25, -0.2) is 0 Å². The maximum Gasteiger partial charge on any atom is 0.254 e. The van der Waals surface area contributed by atoms with Crippen LogP contribution >= 0.6 is 12.4 Å². The van der Waals surface area contributed by atoms with E-state index in [2.05, 4.69) is 5.32 Å². The lowest BCUT2D eigenvalue weighted by atomic mass is 9.89. The van der Waals surface area contributed by atoms with Crippen molar-refractivity contribution < 1.29 is 19.1 Å². The molecule has 2 amide bonds. The molecule has 3 saturated heterocycles. The molecule has 4 aliphatic heterocycles. The number of ether oxygens (including phenoxy) is 2. The number of amides is 2. The molecule has 8 heteroatoms. The van der Waals surface area contributed by atoms with E-state index in [1.807, 2.05) is 9.80 Å². The molecule has 0 aromatic heterocycles. The monoisotopic (exact) mass is 421 g/mol. The molecule has 1 aromatic rings. The van der Waals surface area contributed by atoms with Crippen molar-refractivity contribution >= 4 is 24.2 Å². The van der Waals surface area contributed by atoms with Gasteiger partial charge in [0.1, 0.15) is 0 Å². The fourth-order valence-electron chi connectivity index (χ4n) is 5.09. The van der Waals surface area contributed by atoms with Gasteiger partial charge in [-0.05, 0) is 49.8 Å². The van der Waals surface area contributed by atoms with Crippen LogP contribution in [0.1, 0.15) is 42.5 Å². The summed E-state index contributed by atoms with van der Waals surface area (Å²) < 4.78 is 10.7. The zero-order valence-electron chi connectivity index (χ0n) is 16.5. The van der Waals surface area contributed by atoms with E-state index in [0.29, 0.717) is 67.7 Å². The van der Waals surface area contributed by atoms with Gasteiger partial charge < -0.3 is 24.6 Å². The molecule has 1 aromatic carbocycles. The van der Waals surface area contributed by atoms with Crippen molar-refractivity contribution in [2.45, 2.75) is 44.2 Å². The molecule has 4 heterocycles. The van der Waals surface area contributed by atoms with Crippen LogP contribution in [0.3, 0.4) is 0 Å². The summed E-state index contributed by atoms with van der Waals surface area (Å²) in [7, 11) is 0. The minimum absolute atomic E-state index is 0. The van der Waals surface area contributed by atoms with Crippen LogP contribution in [-0.2, 0) is 4.79 Å². The average molecular weight is 422 g/mol. The second-order valence-corrected chi connectivity index (χ2v) is 8.42. The third-order valence-electron chi connectivity index (χ3n) is 6.57. The average Bonchev–Trinajstić information content (AvgIpc) is 3.32. The quantitative estimate of drug-likeness (QED) is 0.808. The number of piperidine rings is 1. The number of hydrogen-bond acceptors (Lipinski definition) is 5. The Morgan fingerprint density at radius 3 is 2.34 bits per heavy atom. The van der Waals surface area contributed by atoms with E-state index in [4.69, 9.17) is 9.47 Å². The summed E-state index contributed by atoms with van der Waals surface area (Å²) in [6, 6.07) is 6.54. The second-order valence-electron chi connectivity index (χ2n) is 8.42. The first-order chi connectivity index (χ1) is 13.7. The molecule has 158 valence electrons. The number of nitrogens with zero attached hydrogens (tertiary/aromatic N) is 2. The largest absolute Gasteiger partial charge is 0.454 e. The van der Waals surface area contributed by atoms with Crippen molar-refractivity contribution in [3.05, 3.63) is 23.8 Å². The van der Waals surface area contributed by atoms with Gasteiger partial charge >= 0.3 is 0 Å². The van der Waals surface area contributed by atoms with E-state index in [9.17, 15) is 9.59 Å². The lowest BCUT2D eigenvalue weighted by Crippen LogP contribution is -2.51. The highest BCUT2D eigenvalue weighted by atomic mass is 35.5. The van der Waals surface area contributed by atoms with Crippen LogP contribution in [0.5, 0.6) is 11.5 Å². The maximum absolute atomic E-state index is 12.8. The summed E-state index contributed by atoms with van der Waals surface area (Å²) in [6.07, 6.45) is 5.44. The third kappa shape index (κ3) is 4.16. The minimum Gasteiger partial charge on any atom is -0.454 e. The van der Waals surface area contributed by atoms with Crippen LogP contribution in [-0.4, -0.2) is 66.7 Å². The molecule has 0 spiro atoms. The third-order valence-corrected chi connectivity index (χ3v) is 6.57. The highest BCUT2D eigenvalue weighted by Crippen LogP contribution is 2.34. The zero-order valence-corrected chi connectivity index (χ0v) is 17.3. The first kappa shape index (κ1) is 20.3. The van der Waals surface area contributed by atoms with E-state index >= 15 is 0 Å². The second kappa shape index (κ2) is 8.40. The van der Waals surface area contributed by atoms with Gasteiger partial charge in [0.15, 0.2) is 11.5 Å². The summed E-state index contributed by atoms with van der Waals surface area (Å²) in [5, 5.41) is 3.64. The van der Waals surface area contributed by atoms with Crippen molar-refractivity contribution in [1.82, 2.24) is 15.1 Å². The number of carbonyl (C=O) groups excluding carboxylic acids is 2. The van der Waals surface area contributed by atoms with Crippen molar-refractivity contribution in [2.24, 2.45) is 5.92 Å². The topological polar surface area (TPSA) is 71.1 Å². The van der Waals surface area contributed by atoms with Gasteiger partial charge in [-0.15, -0.1) is 12.4 Å². The lowest BCUT2D eigenvalue weighted by Gasteiger charge is -2.36. The van der Waals surface area contributed by atoms with Gasteiger partial charge in [0.2, 0.25) is 12.7 Å². The van der Waals surface area contributed by atoms with E-state index in [1.54, 1.807) is 18.2 Å². The summed E-state index contributed by atoms with van der Waals surface area (Å²) in [4.78, 5) is 29.3. The van der Waals surface area contributed by atoms with E-state index in [1.165, 1.54) is 12.8 Å². The molecule has 2 bridgehead atoms. The molecular weight excluding hydrogens is 394 g/mol. The van der Waals surface area contributed by atoms with Crippen LogP contribution in [0, 0.1) is 5.92 Å². The molecule has 7 nitrogen and oxygen atoms in total. The molecular formula is C21H28ClN3O4. The predicted octanol–water partition coefficient (Wildman–Crippen LogP) is 2.04. The van der Waals surface area contributed by atoms with Gasteiger partial charge in [0.25, 0.3) is 5.91 Å². The Kier molecular flexibility index (Phi) is 5.88. The maximum atomic E-state index is 12.8. The molecule has 29 heavy (non-hydrogen) atoms. The van der Waals surface area contributed by atoms with Gasteiger partial charge in [-0.1, -0.05) is 0 Å². The van der Waals surface area contributed by atoms with Gasteiger partial charge in [0, 0.05) is 50.2 Å². The van der Waals surface area contributed by atoms with E-state index in [-0.39, 0.29) is 31.0 Å². The van der Waals surface area contributed by atoms with Crippen LogP contribution in [0.4, 0.5) is 0 Å². The highest BCUT2D eigenvalue weighted by molar-refractivity contribution is 5.95. The Bertz CT molecular complexity index is 769. The standard InChI is InChI=1S/C21H27N3O4.ClH/c25-20(11-14-9-16-2-3-17(10-14)22-16)23-5-7-24(8-6-23)21(26)15-1-4-18-19(12-15)28-13-27-18;/h1,4,12,14,16-17,22H,2-3,5-11,13H2;1H. The van der Waals surface area contributed by atoms with Crippen molar-refractivity contribution in [3.63, 3.8) is 0 Å². The van der Waals surface area contributed by atoms with Crippen LogP contribution < -0.4 is 14.8 Å². The number of benzene rings is 1. The molecule has 1 N–H and O–H groups in total. The fraction of sp³-hybridized carbons (Fsp3) is 0.619. The minimum atomic E-state index is -0.0136. The summed E-state index contributed by atoms with van der Waals surface area (Å²) in [6.45, 7) is 2.60. The van der Waals surface area contributed by atoms with Crippen molar-refractivity contribution in [2.75, 3.05) is 33.0 Å². The zero-order chi connectivity index (χ0) is 19.1. The number of carbonyl (C=O) groups is 2. The summed E-state index contributed by atoms with van der Waals surface area (Å²) in [5.41, 5.74) is 0.606. The Morgan fingerprint density at radius 1 is 0.966 bits per heavy atom. The van der Waals surface area contributed by atoms with Crippen LogP contribution in [0.15, 0.2) is 18.2 Å². The van der Waals surface area contributed by atoms with Crippen LogP contribution in [0.2, 0.25) is 0 Å². The highest BCUT2D eigenvalue weighted by Gasteiger charge is 2.35. The number of fused-ring (bicyclic) bond motifs is 3. The molecule has 4 aliphatic rings. The Balaban J connectivity index is 0.00000205. The Morgan fingerprint density at radius 2 is 1.62 bits per heavy atom. The molecule has 2 unspecified atom stereocenters. The molecule has 0 radical (unpaired) electrons. The van der Waals surface area contributed by atoms with Crippen LogP contribution in [0.25, 0.3) is 0 Å². The van der Waals surface area contributed by atoms with Gasteiger partial charge in [0.05, 0.1) is 0 Å². The predicted molar refractivity (Wildman–Crippen MR) is 110 cm³/mol. The first-order valence-electron chi connectivity index (χ1n) is 10.4. The molecule has 3 fully saturated rings. The number of hydrogen-bond donors (Lipinski definition) is 1. The van der Waals surface area contributed by atoms with Crippen molar-refractivity contribution in [3.8, 4) is 11.5 Å². The van der Waals surface area contributed by atoms with E-state index in [0.717, 1.165) is 12.8 Å². The number of piperazine rings is 1. The Hall–Kier alpha value is -1.99. The Labute approximate surface area is 177 Å². The molecule has 2 atom stereocenters. The lowest BCUT2D eigenvalue weighted by molar-refractivity contribution is -0.134. The van der Waals surface area contributed by atoms with Gasteiger partial charge in [-0.2, -0.15) is 0 Å². The molecule has 0 aliphatic carbocycles. The molecule has 5 rings (SSSR count). The number of halogens is 1. The number of nitrogens with one attached hydrogen (secondary N) is 1. The van der Waals surface area contributed by atoms with Gasteiger partial charge in [-0.3, -0.25) is 9.59 Å². The normalized spacial score (nSPS) is 27.5. The SMILES string of the molecule is Cl.O=C(CC1CC2CCC(C1)N2)N1CCN(C(=O)c2ccc3c(c2)OCO3)CC1. The van der Waals surface area contributed by atoms with E-state index < -0.39 is 0 Å². The fourth-order valence-corrected chi connectivity index (χ4v) is 5.09. The number of rotatable bonds is 3. The molecule has 0 saturated carbocycles. The smallest absolute Gasteiger partial charge is 0.254 e. The van der Waals surface area contributed by atoms with Crippen molar-refractivity contribution in [1.29, 1.82) is 0 Å². The first-order valence-corrected chi connectivity index (χ1v) is 10.4. The summed E-state index contributed by atoms with van der Waals surface area (Å²) in [5.74, 6) is 2.05.